The van der Waals surface area contributed by atoms with Crippen molar-refractivity contribution in [1.29, 1.82) is 0 Å². The molecular formula is C3H6N2OS. The molecule has 1 unspecified atom stereocenters. The first-order valence-corrected chi connectivity index (χ1v) is 3.31. The summed E-state index contributed by atoms with van der Waals surface area (Å²) in [4.78, 5) is 3.71. The second kappa shape index (κ2) is 1.61. The fourth-order valence-corrected chi connectivity index (χ4v) is 1.12. The smallest absolute Gasteiger partial charge is 0.185 e. The van der Waals surface area contributed by atoms with Crippen LogP contribution in [0.25, 0.3) is 0 Å². The van der Waals surface area contributed by atoms with Crippen LogP contribution in [0.3, 0.4) is 0 Å². The van der Waals surface area contributed by atoms with Gasteiger partial charge in [0.05, 0.1) is 23.1 Å². The SMILES string of the molecule is NC1=NCCS1=O. The molecule has 7 heavy (non-hydrogen) atoms. The molecule has 0 radical (unpaired) electrons. The van der Waals surface area contributed by atoms with Crippen LogP contribution in [0, 0.1) is 0 Å². The lowest BCUT2D eigenvalue weighted by atomic mass is 10.8. The van der Waals surface area contributed by atoms with Crippen LogP contribution in [-0.4, -0.2) is 21.7 Å². The molecular weight excluding hydrogens is 112 g/mol. The fourth-order valence-electron chi connectivity index (χ4n) is 0.415. The van der Waals surface area contributed by atoms with Gasteiger partial charge in [-0.25, -0.2) is 0 Å². The van der Waals surface area contributed by atoms with Gasteiger partial charge < -0.3 is 5.73 Å². The zero-order valence-electron chi connectivity index (χ0n) is 3.76. The van der Waals surface area contributed by atoms with Crippen LogP contribution < -0.4 is 5.73 Å². The standard InChI is InChI=1S/C3H6N2OS/c4-3-5-1-2-7(3)6/h1-2H2,(H2,4,5). The number of nitrogens with two attached hydrogens (primary N) is 1. The molecule has 0 aromatic rings. The summed E-state index contributed by atoms with van der Waals surface area (Å²) in [5.74, 6) is 0.617. The van der Waals surface area contributed by atoms with E-state index in [1.165, 1.54) is 0 Å². The Hall–Kier alpha value is -0.380. The summed E-state index contributed by atoms with van der Waals surface area (Å²) >= 11 is 0. The number of nitrogens with zero attached hydrogens (tertiary/aromatic N) is 1. The van der Waals surface area contributed by atoms with Crippen LogP contribution in [0.1, 0.15) is 0 Å². The van der Waals surface area contributed by atoms with Gasteiger partial charge in [-0.05, 0) is 0 Å². The lowest BCUT2D eigenvalue weighted by Gasteiger charge is -1.81. The first-order valence-electron chi connectivity index (χ1n) is 1.99. The number of hydrogen-bond acceptors (Lipinski definition) is 3. The molecule has 40 valence electrons. The van der Waals surface area contributed by atoms with Crippen molar-refractivity contribution in [2.45, 2.75) is 0 Å². The first-order chi connectivity index (χ1) is 3.30. The Morgan fingerprint density at radius 3 is 2.71 bits per heavy atom. The van der Waals surface area contributed by atoms with Crippen molar-refractivity contribution in [3.63, 3.8) is 0 Å². The first kappa shape index (κ1) is 4.77. The van der Waals surface area contributed by atoms with Gasteiger partial charge in [0, 0.05) is 0 Å². The quantitative estimate of drug-likeness (QED) is 0.446. The van der Waals surface area contributed by atoms with Gasteiger partial charge in [-0.1, -0.05) is 0 Å². The van der Waals surface area contributed by atoms with Gasteiger partial charge in [-0.2, -0.15) is 0 Å². The molecule has 0 saturated heterocycles. The molecule has 0 aliphatic carbocycles. The van der Waals surface area contributed by atoms with Gasteiger partial charge in [-0.3, -0.25) is 9.20 Å². The molecule has 2 N–H and O–H groups in total. The van der Waals surface area contributed by atoms with Gasteiger partial charge in [0.1, 0.15) is 0 Å². The zero-order valence-corrected chi connectivity index (χ0v) is 4.57. The second-order valence-corrected chi connectivity index (χ2v) is 2.79. The fraction of sp³-hybridized carbons (Fsp3) is 0.667. The van der Waals surface area contributed by atoms with E-state index in [2.05, 4.69) is 4.99 Å². The van der Waals surface area contributed by atoms with Crippen molar-refractivity contribution in [2.75, 3.05) is 12.3 Å². The molecule has 1 atom stereocenters. The number of rotatable bonds is 0. The van der Waals surface area contributed by atoms with Gasteiger partial charge in [0.15, 0.2) is 5.17 Å². The average Bonchev–Trinajstić information content (AvgIpc) is 1.91. The minimum absolute atomic E-state index is 0.306. The van der Waals surface area contributed by atoms with Crippen molar-refractivity contribution in [1.82, 2.24) is 0 Å². The zero-order chi connectivity index (χ0) is 5.28. The predicted octanol–water partition coefficient (Wildman–Crippen LogP) is -0.937. The number of amidine groups is 1. The van der Waals surface area contributed by atoms with Crippen molar-refractivity contribution in [3.05, 3.63) is 0 Å². The number of hydrogen-bond donors (Lipinski definition) is 1. The van der Waals surface area contributed by atoms with E-state index in [1.54, 1.807) is 0 Å². The molecule has 0 spiro atoms. The predicted molar refractivity (Wildman–Crippen MR) is 29.5 cm³/mol. The van der Waals surface area contributed by atoms with Crippen LogP contribution in [-0.2, 0) is 10.8 Å². The van der Waals surface area contributed by atoms with E-state index >= 15 is 0 Å². The summed E-state index contributed by atoms with van der Waals surface area (Å²) in [6, 6.07) is 0. The minimum atomic E-state index is -0.940. The summed E-state index contributed by atoms with van der Waals surface area (Å²) < 4.78 is 10.4. The van der Waals surface area contributed by atoms with Crippen molar-refractivity contribution in [2.24, 2.45) is 10.7 Å². The highest BCUT2D eigenvalue weighted by molar-refractivity contribution is 8.00. The summed E-state index contributed by atoms with van der Waals surface area (Å²) in [5.41, 5.74) is 5.13. The largest absolute Gasteiger partial charge is 0.376 e. The lowest BCUT2D eigenvalue weighted by molar-refractivity contribution is 0.691. The summed E-state index contributed by atoms with van der Waals surface area (Å²) in [6.07, 6.45) is 0. The molecule has 3 nitrogen and oxygen atoms in total. The number of aliphatic imine (C=N–C) groups is 1. The third kappa shape index (κ3) is 0.796. The Morgan fingerprint density at radius 1 is 1.86 bits per heavy atom. The Balaban J connectivity index is 2.72. The van der Waals surface area contributed by atoms with E-state index in [1.807, 2.05) is 0 Å². The Kier molecular flexibility index (Phi) is 1.10. The highest BCUT2D eigenvalue weighted by Crippen LogP contribution is 1.91. The van der Waals surface area contributed by atoms with Crippen LogP contribution in [0.5, 0.6) is 0 Å². The van der Waals surface area contributed by atoms with Crippen LogP contribution in [0.2, 0.25) is 0 Å². The van der Waals surface area contributed by atoms with Gasteiger partial charge in [0.25, 0.3) is 0 Å². The molecule has 0 bridgehead atoms. The molecule has 1 rings (SSSR count). The maximum atomic E-state index is 10.4. The molecule has 0 aromatic carbocycles. The Morgan fingerprint density at radius 2 is 2.57 bits per heavy atom. The molecule has 0 saturated carbocycles. The van der Waals surface area contributed by atoms with Gasteiger partial charge >= 0.3 is 0 Å². The highest BCUT2D eigenvalue weighted by Gasteiger charge is 2.09. The Labute approximate surface area is 44.1 Å². The van der Waals surface area contributed by atoms with E-state index in [4.69, 9.17) is 5.73 Å². The molecule has 1 aliphatic heterocycles. The topological polar surface area (TPSA) is 55.4 Å². The molecule has 0 amide bonds. The Bertz CT molecular complexity index is 131. The van der Waals surface area contributed by atoms with Crippen molar-refractivity contribution >= 4 is 16.0 Å². The highest BCUT2D eigenvalue weighted by atomic mass is 32.2. The average molecular weight is 118 g/mol. The van der Waals surface area contributed by atoms with E-state index in [9.17, 15) is 4.21 Å². The lowest BCUT2D eigenvalue weighted by Crippen LogP contribution is -2.14. The summed E-state index contributed by atoms with van der Waals surface area (Å²) in [7, 11) is -0.940. The van der Waals surface area contributed by atoms with Crippen molar-refractivity contribution in [3.8, 4) is 0 Å². The molecule has 0 aromatic heterocycles. The van der Waals surface area contributed by atoms with Crippen LogP contribution in [0.4, 0.5) is 0 Å². The van der Waals surface area contributed by atoms with E-state index < -0.39 is 10.8 Å². The van der Waals surface area contributed by atoms with E-state index in [0.717, 1.165) is 0 Å². The van der Waals surface area contributed by atoms with Crippen LogP contribution in [0.15, 0.2) is 4.99 Å². The molecule has 4 heteroatoms. The van der Waals surface area contributed by atoms with E-state index in [-0.39, 0.29) is 0 Å². The summed E-state index contributed by atoms with van der Waals surface area (Å²) in [6.45, 7) is 0.637. The second-order valence-electron chi connectivity index (χ2n) is 1.27. The van der Waals surface area contributed by atoms with Crippen molar-refractivity contribution < 1.29 is 4.21 Å². The maximum absolute atomic E-state index is 10.4. The minimum Gasteiger partial charge on any atom is -0.376 e. The van der Waals surface area contributed by atoms with Gasteiger partial charge in [-0.15, -0.1) is 0 Å². The molecule has 1 heterocycles. The monoisotopic (exact) mass is 118 g/mol. The molecule has 1 aliphatic rings. The third-order valence-electron chi connectivity index (χ3n) is 0.778. The third-order valence-corrected chi connectivity index (χ3v) is 1.93. The van der Waals surface area contributed by atoms with Gasteiger partial charge in [0.2, 0.25) is 0 Å². The molecule has 0 fully saturated rings. The normalized spacial score (nSPS) is 30.3. The van der Waals surface area contributed by atoms with E-state index in [0.29, 0.717) is 17.5 Å². The van der Waals surface area contributed by atoms with Crippen LogP contribution >= 0.6 is 0 Å². The maximum Gasteiger partial charge on any atom is 0.185 e. The summed E-state index contributed by atoms with van der Waals surface area (Å²) in [5, 5.41) is 0.306.